The fourth-order valence-electron chi connectivity index (χ4n) is 2.99. The van der Waals surface area contributed by atoms with Crippen LogP contribution in [0.1, 0.15) is 29.8 Å². The van der Waals surface area contributed by atoms with E-state index in [1.165, 1.54) is 12.0 Å². The first-order valence-corrected chi connectivity index (χ1v) is 8.81. The first-order chi connectivity index (χ1) is 13.2. The molecule has 0 unspecified atom stereocenters. The summed E-state index contributed by atoms with van der Waals surface area (Å²) in [5, 5.41) is 2.74. The highest BCUT2D eigenvalue weighted by Gasteiger charge is 2.41. The molecule has 0 fully saturated rings. The fourth-order valence-corrected chi connectivity index (χ4v) is 2.99. The molecule has 2 aromatic rings. The third kappa shape index (κ3) is 3.83. The lowest BCUT2D eigenvalue weighted by atomic mass is 10.0. The average molecular weight is 382 g/mol. The van der Waals surface area contributed by atoms with Crippen molar-refractivity contribution in [1.82, 2.24) is 0 Å². The molecule has 1 N–H and O–H groups in total. The quantitative estimate of drug-likeness (QED) is 0.822. The minimum atomic E-state index is -1.06. The number of carbonyl (C=O) groups is 3. The van der Waals surface area contributed by atoms with Crippen LogP contribution in [-0.2, 0) is 14.3 Å². The Hall–Kier alpha value is -3.35. The number of esters is 1. The third-order valence-corrected chi connectivity index (χ3v) is 4.42. The molecule has 7 heteroatoms. The fraction of sp³-hybridized carbons (Fsp3) is 0.286. The molecule has 1 aliphatic rings. The molecule has 7 nitrogen and oxygen atoms in total. The standard InChI is InChI=1S/C21H22N2O5/c1-13-5-10-17-16(11-13)23(20(26)21(2,3)28-17)12-18(24)22-15-8-6-14(7-9-15)19(25)27-4/h5-11H,12H2,1-4H3,(H,22,24). The number of hydrogen-bond donors (Lipinski definition) is 1. The van der Waals surface area contributed by atoms with Crippen molar-refractivity contribution in [1.29, 1.82) is 0 Å². The highest BCUT2D eigenvalue weighted by Crippen LogP contribution is 2.38. The molecule has 28 heavy (non-hydrogen) atoms. The van der Waals surface area contributed by atoms with Crippen LogP contribution in [0.3, 0.4) is 0 Å². The Balaban J connectivity index is 1.78. The monoisotopic (exact) mass is 382 g/mol. The van der Waals surface area contributed by atoms with Crippen LogP contribution in [0.5, 0.6) is 5.75 Å². The zero-order chi connectivity index (χ0) is 20.5. The van der Waals surface area contributed by atoms with E-state index < -0.39 is 11.6 Å². The van der Waals surface area contributed by atoms with Crippen molar-refractivity contribution in [3.05, 3.63) is 53.6 Å². The molecule has 0 aliphatic carbocycles. The number of nitrogens with zero attached hydrogens (tertiary/aromatic N) is 1. The first-order valence-electron chi connectivity index (χ1n) is 8.81. The number of fused-ring (bicyclic) bond motifs is 1. The van der Waals surface area contributed by atoms with Crippen LogP contribution < -0.4 is 15.0 Å². The Morgan fingerprint density at radius 3 is 2.46 bits per heavy atom. The number of amides is 2. The van der Waals surface area contributed by atoms with Gasteiger partial charge in [-0.05, 0) is 62.7 Å². The number of carbonyl (C=O) groups excluding carboxylic acids is 3. The number of anilines is 2. The molecule has 0 saturated heterocycles. The maximum atomic E-state index is 12.8. The lowest BCUT2D eigenvalue weighted by molar-refractivity contribution is -0.133. The zero-order valence-corrected chi connectivity index (χ0v) is 16.2. The Morgan fingerprint density at radius 1 is 1.14 bits per heavy atom. The van der Waals surface area contributed by atoms with Crippen LogP contribution in [0.15, 0.2) is 42.5 Å². The number of rotatable bonds is 4. The Labute approximate surface area is 163 Å². The van der Waals surface area contributed by atoms with Crippen molar-refractivity contribution < 1.29 is 23.9 Å². The van der Waals surface area contributed by atoms with Gasteiger partial charge in [0, 0.05) is 5.69 Å². The van der Waals surface area contributed by atoms with Gasteiger partial charge >= 0.3 is 5.97 Å². The topological polar surface area (TPSA) is 84.9 Å². The maximum Gasteiger partial charge on any atom is 0.337 e. The van der Waals surface area contributed by atoms with Crippen LogP contribution in [-0.4, -0.2) is 37.0 Å². The van der Waals surface area contributed by atoms with Gasteiger partial charge in [0.05, 0.1) is 18.4 Å². The summed E-state index contributed by atoms with van der Waals surface area (Å²) in [7, 11) is 1.30. The number of methoxy groups -OCH3 is 1. The summed E-state index contributed by atoms with van der Waals surface area (Å²) < 4.78 is 10.4. The number of hydrogen-bond acceptors (Lipinski definition) is 5. The van der Waals surface area contributed by atoms with Gasteiger partial charge in [0.25, 0.3) is 5.91 Å². The summed E-state index contributed by atoms with van der Waals surface area (Å²) in [5.74, 6) is -0.539. The highest BCUT2D eigenvalue weighted by molar-refractivity contribution is 6.07. The molecular formula is C21H22N2O5. The van der Waals surface area contributed by atoms with Crippen LogP contribution in [0.25, 0.3) is 0 Å². The van der Waals surface area contributed by atoms with E-state index in [0.29, 0.717) is 22.7 Å². The molecule has 2 aromatic carbocycles. The summed E-state index contributed by atoms with van der Waals surface area (Å²) in [5.41, 5.74) is 1.36. The molecule has 3 rings (SSSR count). The SMILES string of the molecule is COC(=O)c1ccc(NC(=O)CN2C(=O)C(C)(C)Oc3ccc(C)cc32)cc1. The van der Waals surface area contributed by atoms with E-state index in [1.807, 2.05) is 19.1 Å². The van der Waals surface area contributed by atoms with E-state index in [-0.39, 0.29) is 18.4 Å². The van der Waals surface area contributed by atoms with Gasteiger partial charge in [-0.2, -0.15) is 0 Å². The molecule has 0 aromatic heterocycles. The second-order valence-corrected chi connectivity index (χ2v) is 7.09. The van der Waals surface area contributed by atoms with Crippen LogP contribution in [0.4, 0.5) is 11.4 Å². The average Bonchev–Trinajstić information content (AvgIpc) is 2.66. The first kappa shape index (κ1) is 19.4. The maximum absolute atomic E-state index is 12.8. The van der Waals surface area contributed by atoms with E-state index in [0.717, 1.165) is 5.56 Å². The smallest absolute Gasteiger partial charge is 0.337 e. The molecule has 0 saturated carbocycles. The second kappa shape index (κ2) is 7.34. The van der Waals surface area contributed by atoms with E-state index in [9.17, 15) is 14.4 Å². The van der Waals surface area contributed by atoms with Gasteiger partial charge in [-0.1, -0.05) is 6.07 Å². The third-order valence-electron chi connectivity index (χ3n) is 4.42. The molecule has 2 amide bonds. The van der Waals surface area contributed by atoms with E-state index in [2.05, 4.69) is 10.1 Å². The van der Waals surface area contributed by atoms with E-state index >= 15 is 0 Å². The minimum Gasteiger partial charge on any atom is -0.476 e. The molecule has 1 heterocycles. The molecule has 146 valence electrons. The molecule has 0 radical (unpaired) electrons. The molecule has 1 aliphatic heterocycles. The summed E-state index contributed by atoms with van der Waals surface area (Å²) in [4.78, 5) is 38.3. The van der Waals surface area contributed by atoms with Gasteiger partial charge < -0.3 is 14.8 Å². The zero-order valence-electron chi connectivity index (χ0n) is 16.2. The minimum absolute atomic E-state index is 0.152. The van der Waals surface area contributed by atoms with Crippen molar-refractivity contribution in [3.8, 4) is 5.75 Å². The second-order valence-electron chi connectivity index (χ2n) is 7.09. The van der Waals surface area contributed by atoms with Gasteiger partial charge in [0.1, 0.15) is 12.3 Å². The van der Waals surface area contributed by atoms with Gasteiger partial charge in [-0.25, -0.2) is 4.79 Å². The Kier molecular flexibility index (Phi) is 5.09. The molecule has 0 bridgehead atoms. The number of ether oxygens (including phenoxy) is 2. The van der Waals surface area contributed by atoms with Crippen molar-refractivity contribution in [2.45, 2.75) is 26.4 Å². The number of nitrogens with one attached hydrogen (secondary N) is 1. The normalized spacial score (nSPS) is 14.7. The summed E-state index contributed by atoms with van der Waals surface area (Å²) in [6, 6.07) is 11.8. The van der Waals surface area contributed by atoms with Crippen LogP contribution in [0.2, 0.25) is 0 Å². The van der Waals surface area contributed by atoms with Crippen LogP contribution in [0, 0.1) is 6.92 Å². The van der Waals surface area contributed by atoms with Gasteiger partial charge in [-0.3, -0.25) is 14.5 Å². The molecule has 0 spiro atoms. The molecule has 0 atom stereocenters. The van der Waals surface area contributed by atoms with Crippen molar-refractivity contribution in [3.63, 3.8) is 0 Å². The lowest BCUT2D eigenvalue weighted by Crippen LogP contribution is -2.54. The summed E-state index contributed by atoms with van der Waals surface area (Å²) >= 11 is 0. The summed E-state index contributed by atoms with van der Waals surface area (Å²) in [6.07, 6.45) is 0. The van der Waals surface area contributed by atoms with Gasteiger partial charge in [0.15, 0.2) is 5.60 Å². The largest absolute Gasteiger partial charge is 0.476 e. The van der Waals surface area contributed by atoms with E-state index in [4.69, 9.17) is 4.74 Å². The summed E-state index contributed by atoms with van der Waals surface area (Å²) in [6.45, 7) is 5.11. The predicted molar refractivity (Wildman–Crippen MR) is 105 cm³/mol. The Morgan fingerprint density at radius 2 is 1.82 bits per heavy atom. The molecular weight excluding hydrogens is 360 g/mol. The highest BCUT2D eigenvalue weighted by atomic mass is 16.5. The Bertz CT molecular complexity index is 934. The predicted octanol–water partition coefficient (Wildman–Crippen LogP) is 2.92. The van der Waals surface area contributed by atoms with Gasteiger partial charge in [0.2, 0.25) is 5.91 Å². The number of benzene rings is 2. The number of aryl methyl sites for hydroxylation is 1. The lowest BCUT2D eigenvalue weighted by Gasteiger charge is -2.38. The van der Waals surface area contributed by atoms with Crippen molar-refractivity contribution >= 4 is 29.2 Å². The van der Waals surface area contributed by atoms with Crippen LogP contribution >= 0.6 is 0 Å². The van der Waals surface area contributed by atoms with Crippen molar-refractivity contribution in [2.24, 2.45) is 0 Å². The van der Waals surface area contributed by atoms with Gasteiger partial charge in [-0.15, -0.1) is 0 Å². The van der Waals surface area contributed by atoms with E-state index in [1.54, 1.807) is 44.2 Å². The van der Waals surface area contributed by atoms with Crippen molar-refractivity contribution in [2.75, 3.05) is 23.9 Å².